The molecule has 0 saturated carbocycles. The normalized spacial score (nSPS) is 13.9. The van der Waals surface area contributed by atoms with E-state index in [0.29, 0.717) is 34.1 Å². The van der Waals surface area contributed by atoms with E-state index < -0.39 is 0 Å². The molecule has 0 amide bonds. The summed E-state index contributed by atoms with van der Waals surface area (Å²) in [5, 5.41) is 4.06. The van der Waals surface area contributed by atoms with Crippen molar-refractivity contribution in [1.29, 1.82) is 0 Å². The zero-order chi connectivity index (χ0) is 27.0. The summed E-state index contributed by atoms with van der Waals surface area (Å²) in [4.78, 5) is 22.4. The second-order valence-electron chi connectivity index (χ2n) is 9.61. The molecule has 0 aliphatic carbocycles. The number of pyridine rings is 1. The number of aromatic nitrogens is 3. The van der Waals surface area contributed by atoms with Gasteiger partial charge in [-0.3, -0.25) is 14.3 Å². The molecule has 1 saturated heterocycles. The fraction of sp³-hybridized carbons (Fsp3) is 0.367. The van der Waals surface area contributed by atoms with Gasteiger partial charge in [-0.05, 0) is 61.2 Å². The van der Waals surface area contributed by atoms with E-state index in [9.17, 15) is 4.79 Å². The van der Waals surface area contributed by atoms with Crippen LogP contribution in [0.15, 0.2) is 65.7 Å². The molecule has 9 heteroatoms. The Morgan fingerprint density at radius 2 is 1.92 bits per heavy atom. The SMILES string of the molecule is COc1ccc(Cn2c(COc3cccc(CNCC4CCOCC4)c3)nc3cnccc3c2=O)c(OC)c1. The van der Waals surface area contributed by atoms with Crippen LogP contribution in [-0.2, 0) is 24.4 Å². The fourth-order valence-electron chi connectivity index (χ4n) is 4.81. The van der Waals surface area contributed by atoms with Crippen molar-refractivity contribution in [2.24, 2.45) is 5.92 Å². The van der Waals surface area contributed by atoms with Crippen molar-refractivity contribution in [1.82, 2.24) is 19.9 Å². The zero-order valence-corrected chi connectivity index (χ0v) is 22.4. The van der Waals surface area contributed by atoms with Crippen molar-refractivity contribution in [2.45, 2.75) is 32.5 Å². The molecule has 3 heterocycles. The van der Waals surface area contributed by atoms with Crippen molar-refractivity contribution in [3.63, 3.8) is 0 Å². The largest absolute Gasteiger partial charge is 0.497 e. The Balaban J connectivity index is 1.35. The van der Waals surface area contributed by atoms with Gasteiger partial charge in [0.15, 0.2) is 5.82 Å². The van der Waals surface area contributed by atoms with Gasteiger partial charge < -0.3 is 24.3 Å². The van der Waals surface area contributed by atoms with Crippen LogP contribution in [0.5, 0.6) is 17.2 Å². The summed E-state index contributed by atoms with van der Waals surface area (Å²) in [6, 6.07) is 15.2. The number of hydrogen-bond donors (Lipinski definition) is 1. The van der Waals surface area contributed by atoms with E-state index in [4.69, 9.17) is 23.9 Å². The van der Waals surface area contributed by atoms with Gasteiger partial charge in [0.05, 0.1) is 37.9 Å². The Morgan fingerprint density at radius 3 is 2.74 bits per heavy atom. The van der Waals surface area contributed by atoms with Crippen molar-refractivity contribution >= 4 is 10.9 Å². The molecular weight excluding hydrogens is 496 g/mol. The lowest BCUT2D eigenvalue weighted by Gasteiger charge is -2.22. The minimum Gasteiger partial charge on any atom is -0.497 e. The Kier molecular flexibility index (Phi) is 8.70. The number of nitrogens with one attached hydrogen (secondary N) is 1. The van der Waals surface area contributed by atoms with E-state index in [1.165, 1.54) is 0 Å². The minimum atomic E-state index is -0.162. The molecule has 1 aliphatic heterocycles. The molecule has 4 aromatic rings. The maximum absolute atomic E-state index is 13.5. The van der Waals surface area contributed by atoms with Gasteiger partial charge in [0.25, 0.3) is 5.56 Å². The van der Waals surface area contributed by atoms with Gasteiger partial charge in [0, 0.05) is 37.6 Å². The van der Waals surface area contributed by atoms with Crippen molar-refractivity contribution in [3.8, 4) is 17.2 Å². The summed E-state index contributed by atoms with van der Waals surface area (Å²) in [7, 11) is 3.20. The Bertz CT molecular complexity index is 1470. The fourth-order valence-corrected chi connectivity index (χ4v) is 4.81. The van der Waals surface area contributed by atoms with Crippen LogP contribution in [0.2, 0.25) is 0 Å². The highest BCUT2D eigenvalue weighted by molar-refractivity contribution is 5.76. The van der Waals surface area contributed by atoms with Crippen molar-refractivity contribution < 1.29 is 18.9 Å². The smallest absolute Gasteiger partial charge is 0.261 e. The van der Waals surface area contributed by atoms with Crippen molar-refractivity contribution in [3.05, 3.63) is 88.2 Å². The third-order valence-electron chi connectivity index (χ3n) is 7.03. The first-order valence-electron chi connectivity index (χ1n) is 13.2. The van der Waals surface area contributed by atoms with Crippen LogP contribution in [0, 0.1) is 5.92 Å². The standard InChI is InChI=1S/C30H34N4O5/c1-36-24-7-6-23(28(15-24)37-2)19-34-29(33-27-18-31-11-8-26(27)30(34)35)20-39-25-5-3-4-22(14-25)17-32-16-21-9-12-38-13-10-21/h3-8,11,14-15,18,21,32H,9-10,12-13,16-17,19-20H2,1-2H3. The Morgan fingerprint density at radius 1 is 1.05 bits per heavy atom. The summed E-state index contributed by atoms with van der Waals surface area (Å²) in [6.45, 7) is 3.83. The Hall–Kier alpha value is -3.95. The van der Waals surface area contributed by atoms with Gasteiger partial charge in [-0.1, -0.05) is 12.1 Å². The lowest BCUT2D eigenvalue weighted by Crippen LogP contribution is -2.27. The molecule has 39 heavy (non-hydrogen) atoms. The minimum absolute atomic E-state index is 0.123. The average Bonchev–Trinajstić information content (AvgIpc) is 2.98. The van der Waals surface area contributed by atoms with Crippen LogP contribution >= 0.6 is 0 Å². The Labute approximate surface area is 227 Å². The summed E-state index contributed by atoms with van der Waals surface area (Å²) in [5.74, 6) is 3.18. The maximum Gasteiger partial charge on any atom is 0.261 e. The summed E-state index contributed by atoms with van der Waals surface area (Å²) < 4.78 is 24.1. The first-order valence-corrected chi connectivity index (χ1v) is 13.2. The molecule has 204 valence electrons. The van der Waals surface area contributed by atoms with Gasteiger partial charge in [-0.2, -0.15) is 0 Å². The van der Waals surface area contributed by atoms with E-state index in [0.717, 1.165) is 56.0 Å². The maximum atomic E-state index is 13.5. The average molecular weight is 531 g/mol. The quantitative estimate of drug-likeness (QED) is 0.311. The molecule has 5 rings (SSSR count). The van der Waals surface area contributed by atoms with E-state index in [2.05, 4.69) is 16.4 Å². The number of nitrogens with zero attached hydrogens (tertiary/aromatic N) is 3. The van der Waals surface area contributed by atoms with Crippen LogP contribution in [0.3, 0.4) is 0 Å². The molecule has 2 aromatic carbocycles. The lowest BCUT2D eigenvalue weighted by atomic mass is 10.0. The molecule has 9 nitrogen and oxygen atoms in total. The molecule has 0 radical (unpaired) electrons. The van der Waals surface area contributed by atoms with Crippen LogP contribution in [0.1, 0.15) is 29.8 Å². The summed E-state index contributed by atoms with van der Waals surface area (Å²) >= 11 is 0. The predicted molar refractivity (Wildman–Crippen MR) is 148 cm³/mol. The first-order chi connectivity index (χ1) is 19.1. The summed E-state index contributed by atoms with van der Waals surface area (Å²) in [6.07, 6.45) is 5.41. The van der Waals surface area contributed by atoms with Crippen LogP contribution < -0.4 is 25.1 Å². The number of rotatable bonds is 11. The van der Waals surface area contributed by atoms with E-state index in [-0.39, 0.29) is 18.7 Å². The number of hydrogen-bond acceptors (Lipinski definition) is 8. The molecule has 0 bridgehead atoms. The van der Waals surface area contributed by atoms with Crippen molar-refractivity contribution in [2.75, 3.05) is 34.0 Å². The number of methoxy groups -OCH3 is 2. The highest BCUT2D eigenvalue weighted by Crippen LogP contribution is 2.26. The molecular formula is C30H34N4O5. The highest BCUT2D eigenvalue weighted by atomic mass is 16.5. The van der Waals surface area contributed by atoms with Crippen LogP contribution in [-0.4, -0.2) is 48.5 Å². The zero-order valence-electron chi connectivity index (χ0n) is 22.4. The van der Waals surface area contributed by atoms with Gasteiger partial charge in [-0.15, -0.1) is 0 Å². The van der Waals surface area contributed by atoms with Gasteiger partial charge >= 0.3 is 0 Å². The molecule has 2 aromatic heterocycles. The molecule has 0 spiro atoms. The van der Waals surface area contributed by atoms with E-state index in [1.807, 2.05) is 30.3 Å². The monoisotopic (exact) mass is 530 g/mol. The number of benzene rings is 2. The van der Waals surface area contributed by atoms with Gasteiger partial charge in [0.2, 0.25) is 0 Å². The second kappa shape index (κ2) is 12.7. The molecule has 0 atom stereocenters. The molecule has 1 fully saturated rings. The van der Waals surface area contributed by atoms with E-state index in [1.54, 1.807) is 43.3 Å². The topological polar surface area (TPSA) is 96.7 Å². The summed E-state index contributed by atoms with van der Waals surface area (Å²) in [5.41, 5.74) is 2.33. The second-order valence-corrected chi connectivity index (χ2v) is 9.61. The molecule has 0 unspecified atom stereocenters. The van der Waals surface area contributed by atoms with Gasteiger partial charge in [0.1, 0.15) is 23.9 Å². The van der Waals surface area contributed by atoms with Gasteiger partial charge in [-0.25, -0.2) is 4.98 Å². The lowest BCUT2D eigenvalue weighted by molar-refractivity contribution is 0.0662. The highest BCUT2D eigenvalue weighted by Gasteiger charge is 2.16. The number of fused-ring (bicyclic) bond motifs is 1. The first kappa shape index (κ1) is 26.6. The number of ether oxygens (including phenoxy) is 4. The van der Waals surface area contributed by atoms with Crippen LogP contribution in [0.25, 0.3) is 10.9 Å². The van der Waals surface area contributed by atoms with Crippen LogP contribution in [0.4, 0.5) is 0 Å². The third-order valence-corrected chi connectivity index (χ3v) is 7.03. The predicted octanol–water partition coefficient (Wildman–Crippen LogP) is 3.95. The molecule has 1 N–H and O–H groups in total. The molecule has 1 aliphatic rings. The third kappa shape index (κ3) is 6.55. The van der Waals surface area contributed by atoms with E-state index >= 15 is 0 Å².